The highest BCUT2D eigenvalue weighted by molar-refractivity contribution is 7.98. The molecule has 0 aromatic heterocycles. The van der Waals surface area contributed by atoms with Crippen LogP contribution < -0.4 is 5.73 Å². The lowest BCUT2D eigenvalue weighted by molar-refractivity contribution is 0.210. The van der Waals surface area contributed by atoms with Crippen molar-refractivity contribution in [2.45, 2.75) is 17.2 Å². The lowest BCUT2D eigenvalue weighted by Gasteiger charge is -2.25. The summed E-state index contributed by atoms with van der Waals surface area (Å²) in [4.78, 5) is 1.23. The number of benzene rings is 1. The molecule has 0 spiro atoms. The molecule has 0 heterocycles. The van der Waals surface area contributed by atoms with Gasteiger partial charge in [-0.15, -0.1) is 11.8 Å². The molecule has 0 aliphatic carbocycles. The van der Waals surface area contributed by atoms with E-state index in [9.17, 15) is 5.11 Å². The molecule has 0 fully saturated rings. The molecule has 3 heteroatoms. The van der Waals surface area contributed by atoms with Gasteiger partial charge in [0.2, 0.25) is 0 Å². The van der Waals surface area contributed by atoms with Crippen LogP contribution in [0.5, 0.6) is 0 Å². The fourth-order valence-corrected chi connectivity index (χ4v) is 1.68. The van der Waals surface area contributed by atoms with E-state index in [0.717, 1.165) is 5.56 Å². The van der Waals surface area contributed by atoms with Crippen molar-refractivity contribution in [3.63, 3.8) is 0 Å². The SMILES string of the molecule is CSc1ccc(C(C)(CN)CO)cc1. The summed E-state index contributed by atoms with van der Waals surface area (Å²) >= 11 is 1.71. The van der Waals surface area contributed by atoms with Gasteiger partial charge in [-0.25, -0.2) is 0 Å². The van der Waals surface area contributed by atoms with Gasteiger partial charge in [0.05, 0.1) is 6.61 Å². The van der Waals surface area contributed by atoms with Gasteiger partial charge in [0.25, 0.3) is 0 Å². The highest BCUT2D eigenvalue weighted by Crippen LogP contribution is 2.24. The average molecular weight is 211 g/mol. The average Bonchev–Trinajstić information content (AvgIpc) is 2.28. The fraction of sp³-hybridized carbons (Fsp3) is 0.455. The van der Waals surface area contributed by atoms with E-state index in [0.29, 0.717) is 6.54 Å². The standard InChI is InChI=1S/C11H17NOS/c1-11(7-12,8-13)9-3-5-10(14-2)6-4-9/h3-6,13H,7-8,12H2,1-2H3. The van der Waals surface area contributed by atoms with Crippen LogP contribution in [0, 0.1) is 0 Å². The minimum Gasteiger partial charge on any atom is -0.395 e. The van der Waals surface area contributed by atoms with Gasteiger partial charge in [0.15, 0.2) is 0 Å². The summed E-state index contributed by atoms with van der Waals surface area (Å²) in [6.45, 7) is 2.52. The van der Waals surface area contributed by atoms with Crippen molar-refractivity contribution >= 4 is 11.8 Å². The molecule has 3 N–H and O–H groups in total. The fourth-order valence-electron chi connectivity index (χ4n) is 1.27. The van der Waals surface area contributed by atoms with Gasteiger partial charge in [-0.05, 0) is 24.0 Å². The minimum absolute atomic E-state index is 0.0854. The third-order valence-electron chi connectivity index (χ3n) is 2.59. The highest BCUT2D eigenvalue weighted by Gasteiger charge is 2.23. The molecule has 0 saturated carbocycles. The Kier molecular flexibility index (Phi) is 3.98. The summed E-state index contributed by atoms with van der Waals surface area (Å²) in [5.74, 6) is 0. The van der Waals surface area contributed by atoms with Crippen LogP contribution >= 0.6 is 11.8 Å². The number of nitrogens with two attached hydrogens (primary N) is 1. The maximum absolute atomic E-state index is 9.28. The quantitative estimate of drug-likeness (QED) is 0.744. The van der Waals surface area contributed by atoms with E-state index >= 15 is 0 Å². The van der Waals surface area contributed by atoms with E-state index in [1.807, 2.05) is 25.3 Å². The van der Waals surface area contributed by atoms with Crippen LogP contribution in [-0.4, -0.2) is 24.5 Å². The number of hydrogen-bond acceptors (Lipinski definition) is 3. The summed E-state index contributed by atoms with van der Waals surface area (Å²) in [5.41, 5.74) is 6.44. The first-order chi connectivity index (χ1) is 6.66. The molecule has 0 saturated heterocycles. The lowest BCUT2D eigenvalue weighted by Crippen LogP contribution is -2.35. The smallest absolute Gasteiger partial charge is 0.0537 e. The molecule has 0 aliphatic heterocycles. The number of aliphatic hydroxyl groups excluding tert-OH is 1. The maximum Gasteiger partial charge on any atom is 0.0537 e. The molecule has 0 aliphatic rings. The van der Waals surface area contributed by atoms with Crippen molar-refractivity contribution in [1.29, 1.82) is 0 Å². The molecule has 0 amide bonds. The molecule has 1 aromatic carbocycles. The maximum atomic E-state index is 9.28. The second-order valence-corrected chi connectivity index (χ2v) is 4.53. The Morgan fingerprint density at radius 3 is 2.29 bits per heavy atom. The van der Waals surface area contributed by atoms with Gasteiger partial charge in [0.1, 0.15) is 0 Å². The Morgan fingerprint density at radius 2 is 1.93 bits per heavy atom. The van der Waals surface area contributed by atoms with Crippen molar-refractivity contribution < 1.29 is 5.11 Å². The third kappa shape index (κ3) is 2.29. The first kappa shape index (κ1) is 11.6. The topological polar surface area (TPSA) is 46.2 Å². The van der Waals surface area contributed by atoms with Gasteiger partial charge in [-0.2, -0.15) is 0 Å². The monoisotopic (exact) mass is 211 g/mol. The first-order valence-electron chi connectivity index (χ1n) is 4.62. The molecule has 1 rings (SSSR count). The van der Waals surface area contributed by atoms with E-state index in [-0.39, 0.29) is 12.0 Å². The van der Waals surface area contributed by atoms with Crippen LogP contribution in [0.3, 0.4) is 0 Å². The molecule has 0 radical (unpaired) electrons. The van der Waals surface area contributed by atoms with E-state index in [2.05, 4.69) is 12.1 Å². The van der Waals surface area contributed by atoms with E-state index in [1.165, 1.54) is 4.90 Å². The summed E-state index contributed by atoms with van der Waals surface area (Å²) in [6, 6.07) is 8.19. The molecular weight excluding hydrogens is 194 g/mol. The molecule has 1 unspecified atom stereocenters. The summed E-state index contributed by atoms with van der Waals surface area (Å²) in [5, 5.41) is 9.28. The van der Waals surface area contributed by atoms with Crippen molar-refractivity contribution in [3.05, 3.63) is 29.8 Å². The zero-order chi connectivity index (χ0) is 10.6. The van der Waals surface area contributed by atoms with Crippen LogP contribution in [0.15, 0.2) is 29.2 Å². The number of rotatable bonds is 4. The Hall–Kier alpha value is -0.510. The van der Waals surface area contributed by atoms with Gasteiger partial charge >= 0.3 is 0 Å². The van der Waals surface area contributed by atoms with Crippen LogP contribution in [0.4, 0.5) is 0 Å². The van der Waals surface area contributed by atoms with Crippen LogP contribution in [0.2, 0.25) is 0 Å². The first-order valence-corrected chi connectivity index (χ1v) is 5.84. The molecular formula is C11H17NOS. The lowest BCUT2D eigenvalue weighted by atomic mass is 9.83. The van der Waals surface area contributed by atoms with Crippen molar-refractivity contribution in [2.24, 2.45) is 5.73 Å². The predicted octanol–water partition coefficient (Wildman–Crippen LogP) is 1.62. The Labute approximate surface area is 89.5 Å². The van der Waals surface area contributed by atoms with Crippen LogP contribution in [-0.2, 0) is 5.41 Å². The second-order valence-electron chi connectivity index (χ2n) is 3.65. The Bertz CT molecular complexity index is 280. The summed E-state index contributed by atoms with van der Waals surface area (Å²) < 4.78 is 0. The molecule has 1 aromatic rings. The summed E-state index contributed by atoms with van der Waals surface area (Å²) in [6.07, 6.45) is 2.04. The molecule has 14 heavy (non-hydrogen) atoms. The third-order valence-corrected chi connectivity index (χ3v) is 3.33. The summed E-state index contributed by atoms with van der Waals surface area (Å²) in [7, 11) is 0. The molecule has 78 valence electrons. The molecule has 0 bridgehead atoms. The Balaban J connectivity index is 2.95. The zero-order valence-corrected chi connectivity index (χ0v) is 9.47. The van der Waals surface area contributed by atoms with Gasteiger partial charge in [-0.1, -0.05) is 19.1 Å². The van der Waals surface area contributed by atoms with Crippen molar-refractivity contribution in [2.75, 3.05) is 19.4 Å². The van der Waals surface area contributed by atoms with Crippen LogP contribution in [0.1, 0.15) is 12.5 Å². The van der Waals surface area contributed by atoms with Gasteiger partial charge in [-0.3, -0.25) is 0 Å². The number of hydrogen-bond donors (Lipinski definition) is 2. The zero-order valence-electron chi connectivity index (χ0n) is 8.66. The van der Waals surface area contributed by atoms with Gasteiger partial charge < -0.3 is 10.8 Å². The van der Waals surface area contributed by atoms with Crippen molar-refractivity contribution in [1.82, 2.24) is 0 Å². The minimum atomic E-state index is -0.309. The van der Waals surface area contributed by atoms with E-state index in [1.54, 1.807) is 11.8 Å². The number of aliphatic hydroxyl groups is 1. The normalized spacial score (nSPS) is 15.1. The van der Waals surface area contributed by atoms with E-state index < -0.39 is 0 Å². The Morgan fingerprint density at radius 1 is 1.36 bits per heavy atom. The largest absolute Gasteiger partial charge is 0.395 e. The van der Waals surface area contributed by atoms with E-state index in [4.69, 9.17) is 5.73 Å². The second kappa shape index (κ2) is 4.82. The molecule has 1 atom stereocenters. The molecule has 2 nitrogen and oxygen atoms in total. The van der Waals surface area contributed by atoms with Gasteiger partial charge in [0, 0.05) is 16.9 Å². The highest BCUT2D eigenvalue weighted by atomic mass is 32.2. The number of thioether (sulfide) groups is 1. The predicted molar refractivity (Wildman–Crippen MR) is 61.7 cm³/mol. The van der Waals surface area contributed by atoms with Crippen LogP contribution in [0.25, 0.3) is 0 Å². The van der Waals surface area contributed by atoms with Crippen molar-refractivity contribution in [3.8, 4) is 0 Å².